The zero-order valence-electron chi connectivity index (χ0n) is 18.8. The number of benzene rings is 3. The van der Waals surface area contributed by atoms with Gasteiger partial charge in [0.05, 0.1) is 40.2 Å². The van der Waals surface area contributed by atoms with E-state index in [0.29, 0.717) is 5.69 Å². The molecule has 3 aromatic carbocycles. The largest absolute Gasteiger partial charge is 0.495 e. The Morgan fingerprint density at radius 2 is 1.69 bits per heavy atom. The molecule has 2 amide bonds. The number of hydrogen-bond donors (Lipinski definition) is 3. The van der Waals surface area contributed by atoms with Crippen LogP contribution in [0.3, 0.4) is 0 Å². The molecule has 1 atom stereocenters. The van der Waals surface area contributed by atoms with E-state index in [-0.39, 0.29) is 44.6 Å². The van der Waals surface area contributed by atoms with E-state index >= 15 is 0 Å². The first-order valence-electron chi connectivity index (χ1n) is 10.4. The zero-order chi connectivity index (χ0) is 25.6. The van der Waals surface area contributed by atoms with Crippen molar-refractivity contribution in [3.05, 3.63) is 82.3 Å². The number of halogens is 2. The van der Waals surface area contributed by atoms with Gasteiger partial charge in [0.1, 0.15) is 5.75 Å². The molecule has 0 fully saturated rings. The number of rotatable bonds is 9. The molecular weight excluding hydrogens is 513 g/mol. The topological polar surface area (TPSA) is 114 Å². The number of carbonyl (C=O) groups excluding carboxylic acids is 2. The number of ether oxygens (including phenoxy) is 1. The minimum absolute atomic E-state index is 0.0278. The molecule has 0 spiro atoms. The quantitative estimate of drug-likeness (QED) is 0.356. The third kappa shape index (κ3) is 7.11. The summed E-state index contributed by atoms with van der Waals surface area (Å²) in [6.45, 7) is 1.38. The average molecular weight is 536 g/mol. The maximum absolute atomic E-state index is 12.9. The third-order valence-corrected chi connectivity index (χ3v) is 7.00. The highest BCUT2D eigenvalue weighted by molar-refractivity contribution is 7.92. The van der Waals surface area contributed by atoms with Gasteiger partial charge in [-0.25, -0.2) is 8.42 Å². The van der Waals surface area contributed by atoms with Gasteiger partial charge in [0.25, 0.3) is 10.0 Å². The lowest BCUT2D eigenvalue weighted by atomic mass is 10.0. The predicted octanol–water partition coefficient (Wildman–Crippen LogP) is 5.01. The van der Waals surface area contributed by atoms with Gasteiger partial charge in [-0.05, 0) is 42.0 Å². The van der Waals surface area contributed by atoms with Crippen molar-refractivity contribution in [2.75, 3.05) is 17.1 Å². The van der Waals surface area contributed by atoms with E-state index in [4.69, 9.17) is 27.9 Å². The highest BCUT2D eigenvalue weighted by atomic mass is 35.5. The van der Waals surface area contributed by atoms with Crippen LogP contribution >= 0.6 is 23.2 Å². The Kier molecular flexibility index (Phi) is 8.61. The molecule has 0 aromatic heterocycles. The van der Waals surface area contributed by atoms with Gasteiger partial charge >= 0.3 is 0 Å². The summed E-state index contributed by atoms with van der Waals surface area (Å²) in [7, 11) is -2.64. The Hall–Kier alpha value is -3.27. The highest BCUT2D eigenvalue weighted by Gasteiger charge is 2.20. The smallest absolute Gasteiger partial charge is 0.262 e. The summed E-state index contributed by atoms with van der Waals surface area (Å²) < 4.78 is 33.5. The van der Waals surface area contributed by atoms with Crippen molar-refractivity contribution >= 4 is 56.4 Å². The van der Waals surface area contributed by atoms with Gasteiger partial charge in [0.15, 0.2) is 0 Å². The summed E-state index contributed by atoms with van der Waals surface area (Å²) in [6.07, 6.45) is -0.0278. The Labute approximate surface area is 213 Å². The number of carbonyl (C=O) groups is 2. The molecule has 184 valence electrons. The van der Waals surface area contributed by atoms with Crippen molar-refractivity contribution in [1.82, 2.24) is 5.32 Å². The fourth-order valence-electron chi connectivity index (χ4n) is 3.29. The van der Waals surface area contributed by atoms with E-state index in [1.807, 2.05) is 30.3 Å². The molecule has 35 heavy (non-hydrogen) atoms. The van der Waals surface area contributed by atoms with E-state index in [0.717, 1.165) is 5.56 Å². The first-order chi connectivity index (χ1) is 16.6. The van der Waals surface area contributed by atoms with Crippen LogP contribution in [0.2, 0.25) is 10.0 Å². The number of hydrogen-bond acceptors (Lipinski definition) is 5. The second-order valence-corrected chi connectivity index (χ2v) is 10.0. The van der Waals surface area contributed by atoms with E-state index in [1.165, 1.54) is 44.4 Å². The van der Waals surface area contributed by atoms with Gasteiger partial charge in [0.2, 0.25) is 11.8 Å². The van der Waals surface area contributed by atoms with Crippen LogP contribution in [0.4, 0.5) is 11.4 Å². The Bertz CT molecular complexity index is 1330. The molecule has 3 rings (SSSR count). The van der Waals surface area contributed by atoms with Crippen molar-refractivity contribution in [2.24, 2.45) is 0 Å². The van der Waals surface area contributed by atoms with Crippen molar-refractivity contribution < 1.29 is 22.7 Å². The van der Waals surface area contributed by atoms with Crippen LogP contribution in [-0.2, 0) is 19.6 Å². The molecule has 0 heterocycles. The lowest BCUT2D eigenvalue weighted by Crippen LogP contribution is -2.29. The lowest BCUT2D eigenvalue weighted by molar-refractivity contribution is -0.120. The van der Waals surface area contributed by atoms with Gasteiger partial charge < -0.3 is 15.4 Å². The molecule has 11 heteroatoms. The average Bonchev–Trinajstić information content (AvgIpc) is 2.80. The van der Waals surface area contributed by atoms with Gasteiger partial charge in [0, 0.05) is 12.6 Å². The van der Waals surface area contributed by atoms with Crippen LogP contribution in [0.25, 0.3) is 0 Å². The Morgan fingerprint density at radius 3 is 2.31 bits per heavy atom. The minimum atomic E-state index is -4.03. The summed E-state index contributed by atoms with van der Waals surface area (Å²) in [5.74, 6) is -0.404. The van der Waals surface area contributed by atoms with Gasteiger partial charge in [-0.3, -0.25) is 14.3 Å². The van der Waals surface area contributed by atoms with Crippen LogP contribution in [0.1, 0.15) is 24.9 Å². The Balaban J connectivity index is 1.80. The molecule has 0 bridgehead atoms. The maximum Gasteiger partial charge on any atom is 0.262 e. The van der Waals surface area contributed by atoms with Crippen molar-refractivity contribution in [3.8, 4) is 5.75 Å². The van der Waals surface area contributed by atoms with Crippen LogP contribution < -0.4 is 20.1 Å². The summed E-state index contributed by atoms with van der Waals surface area (Å²) in [4.78, 5) is 24.3. The second kappa shape index (κ2) is 11.4. The molecular formula is C24H23Cl2N3O5S. The molecule has 0 aliphatic carbocycles. The minimum Gasteiger partial charge on any atom is -0.495 e. The number of anilines is 2. The summed E-state index contributed by atoms with van der Waals surface area (Å²) in [6, 6.07) is 17.0. The molecule has 3 N–H and O–H groups in total. The number of methoxy groups -OCH3 is 1. The first-order valence-corrected chi connectivity index (χ1v) is 12.6. The number of sulfonamides is 1. The molecule has 0 saturated carbocycles. The van der Waals surface area contributed by atoms with Crippen molar-refractivity contribution in [1.29, 1.82) is 0 Å². The SMILES string of the molecule is COc1ccc(NC(=O)CC(NC(C)=O)c2ccccc2)cc1NS(=O)(=O)c1ccc(Cl)c(Cl)c1. The molecule has 0 radical (unpaired) electrons. The molecule has 0 saturated heterocycles. The Morgan fingerprint density at radius 1 is 0.971 bits per heavy atom. The van der Waals surface area contributed by atoms with Gasteiger partial charge in [-0.1, -0.05) is 53.5 Å². The van der Waals surface area contributed by atoms with E-state index in [2.05, 4.69) is 15.4 Å². The molecule has 8 nitrogen and oxygen atoms in total. The molecule has 3 aromatic rings. The monoisotopic (exact) mass is 535 g/mol. The van der Waals surface area contributed by atoms with Crippen molar-refractivity contribution in [2.45, 2.75) is 24.3 Å². The normalized spacial score (nSPS) is 11.9. The molecule has 0 aliphatic heterocycles. The van der Waals surface area contributed by atoms with Crippen LogP contribution in [-0.4, -0.2) is 27.3 Å². The fraction of sp³-hybridized carbons (Fsp3) is 0.167. The molecule has 0 aliphatic rings. The first kappa shape index (κ1) is 26.3. The summed E-state index contributed by atoms with van der Waals surface area (Å²) >= 11 is 11.8. The zero-order valence-corrected chi connectivity index (χ0v) is 21.2. The predicted molar refractivity (Wildman–Crippen MR) is 137 cm³/mol. The van der Waals surface area contributed by atoms with Crippen molar-refractivity contribution in [3.63, 3.8) is 0 Å². The summed E-state index contributed by atoms with van der Waals surface area (Å²) in [5, 5.41) is 5.81. The third-order valence-electron chi connectivity index (χ3n) is 4.90. The summed E-state index contributed by atoms with van der Waals surface area (Å²) in [5.41, 5.74) is 1.22. The van der Waals surface area contributed by atoms with Crippen LogP contribution in [0.15, 0.2) is 71.6 Å². The lowest BCUT2D eigenvalue weighted by Gasteiger charge is -2.18. The highest BCUT2D eigenvalue weighted by Crippen LogP contribution is 2.32. The van der Waals surface area contributed by atoms with Crippen LogP contribution in [0, 0.1) is 0 Å². The van der Waals surface area contributed by atoms with E-state index in [9.17, 15) is 18.0 Å². The standard InChI is InChI=1S/C24H23Cl2N3O5S/c1-15(30)27-21(16-6-4-3-5-7-16)14-24(31)28-17-8-11-23(34-2)22(12-17)29-35(32,33)18-9-10-19(25)20(26)13-18/h3-13,21,29H,14H2,1-2H3,(H,27,30)(H,28,31). The fourth-order valence-corrected chi connectivity index (χ4v) is 4.74. The maximum atomic E-state index is 12.9. The molecule has 1 unspecified atom stereocenters. The van der Waals surface area contributed by atoms with E-state index < -0.39 is 16.1 Å². The number of nitrogens with one attached hydrogen (secondary N) is 3. The van der Waals surface area contributed by atoms with E-state index in [1.54, 1.807) is 6.07 Å². The van der Waals surface area contributed by atoms with Crippen LogP contribution in [0.5, 0.6) is 5.75 Å². The number of amides is 2. The second-order valence-electron chi connectivity index (χ2n) is 7.51. The van der Waals surface area contributed by atoms with Gasteiger partial charge in [-0.2, -0.15) is 0 Å². The van der Waals surface area contributed by atoms with Gasteiger partial charge in [-0.15, -0.1) is 0 Å².